The van der Waals surface area contributed by atoms with E-state index in [2.05, 4.69) is 6.07 Å². The number of nitriles is 1. The van der Waals surface area contributed by atoms with E-state index in [0.29, 0.717) is 0 Å². The molecule has 1 heterocycles. The SMILES string of the molecule is N#Cc1csc(C2CC2)c1. The van der Waals surface area contributed by atoms with Crippen LogP contribution in [0.4, 0.5) is 0 Å². The van der Waals surface area contributed by atoms with E-state index < -0.39 is 0 Å². The molecule has 1 aliphatic carbocycles. The van der Waals surface area contributed by atoms with Crippen molar-refractivity contribution in [2.75, 3.05) is 0 Å². The Balaban J connectivity index is 2.29. The lowest BCUT2D eigenvalue weighted by atomic mass is 10.3. The van der Waals surface area contributed by atoms with Gasteiger partial charge >= 0.3 is 0 Å². The first-order valence-electron chi connectivity index (χ1n) is 3.38. The Morgan fingerprint density at radius 3 is 2.90 bits per heavy atom. The van der Waals surface area contributed by atoms with Gasteiger partial charge in [0.25, 0.3) is 0 Å². The molecule has 0 bridgehead atoms. The van der Waals surface area contributed by atoms with Gasteiger partial charge in [0.2, 0.25) is 0 Å². The van der Waals surface area contributed by atoms with Gasteiger partial charge in [-0.3, -0.25) is 0 Å². The molecule has 0 aromatic carbocycles. The maximum atomic E-state index is 8.51. The third kappa shape index (κ3) is 0.932. The molecule has 0 N–H and O–H groups in total. The molecular formula is C8H7NS. The fraction of sp³-hybridized carbons (Fsp3) is 0.375. The summed E-state index contributed by atoms with van der Waals surface area (Å²) in [5.41, 5.74) is 0.826. The molecule has 0 unspecified atom stereocenters. The minimum absolute atomic E-state index is 0.798. The second-order valence-corrected chi connectivity index (χ2v) is 3.57. The normalized spacial score (nSPS) is 16.7. The van der Waals surface area contributed by atoms with Crippen LogP contribution < -0.4 is 0 Å². The lowest BCUT2D eigenvalue weighted by Crippen LogP contribution is -1.66. The van der Waals surface area contributed by atoms with Crippen LogP contribution in [0.1, 0.15) is 29.2 Å². The standard InChI is InChI=1S/C8H7NS/c9-4-6-3-8(10-5-6)7-1-2-7/h3,5,7H,1-2H2. The van der Waals surface area contributed by atoms with Crippen molar-refractivity contribution in [3.63, 3.8) is 0 Å². The zero-order valence-corrected chi connectivity index (χ0v) is 6.32. The summed E-state index contributed by atoms with van der Waals surface area (Å²) in [5, 5.41) is 10.4. The van der Waals surface area contributed by atoms with Crippen molar-refractivity contribution in [2.45, 2.75) is 18.8 Å². The molecule has 1 saturated carbocycles. The first-order chi connectivity index (χ1) is 4.90. The van der Waals surface area contributed by atoms with E-state index >= 15 is 0 Å². The van der Waals surface area contributed by atoms with Crippen molar-refractivity contribution >= 4 is 11.3 Å². The quantitative estimate of drug-likeness (QED) is 0.601. The summed E-state index contributed by atoms with van der Waals surface area (Å²) in [5.74, 6) is 0.798. The van der Waals surface area contributed by atoms with E-state index in [0.717, 1.165) is 11.5 Å². The molecule has 1 aromatic heterocycles. The van der Waals surface area contributed by atoms with Crippen LogP contribution in [-0.2, 0) is 0 Å². The summed E-state index contributed by atoms with van der Waals surface area (Å²) < 4.78 is 0. The molecule has 1 aliphatic rings. The molecule has 1 fully saturated rings. The first kappa shape index (κ1) is 5.94. The molecule has 0 atom stereocenters. The Labute approximate surface area is 63.9 Å². The largest absolute Gasteiger partial charge is 0.192 e. The number of thiophene rings is 1. The summed E-state index contributed by atoms with van der Waals surface area (Å²) in [6, 6.07) is 4.16. The van der Waals surface area contributed by atoms with Gasteiger partial charge < -0.3 is 0 Å². The Hall–Kier alpha value is -0.810. The molecule has 0 amide bonds. The van der Waals surface area contributed by atoms with Gasteiger partial charge in [0.15, 0.2) is 0 Å². The second-order valence-electron chi connectivity index (χ2n) is 2.62. The van der Waals surface area contributed by atoms with Gasteiger partial charge in [0.05, 0.1) is 5.56 Å². The fourth-order valence-electron chi connectivity index (χ4n) is 0.993. The maximum absolute atomic E-state index is 8.51. The van der Waals surface area contributed by atoms with Gasteiger partial charge in [0, 0.05) is 10.3 Å². The molecule has 0 spiro atoms. The minimum Gasteiger partial charge on any atom is -0.192 e. The molecule has 2 rings (SSSR count). The lowest BCUT2D eigenvalue weighted by Gasteiger charge is -1.82. The maximum Gasteiger partial charge on any atom is 0.100 e. The molecule has 10 heavy (non-hydrogen) atoms. The highest BCUT2D eigenvalue weighted by molar-refractivity contribution is 7.10. The number of nitrogens with zero attached hydrogens (tertiary/aromatic N) is 1. The summed E-state index contributed by atoms with van der Waals surface area (Å²) in [6.45, 7) is 0. The number of rotatable bonds is 1. The predicted octanol–water partition coefficient (Wildman–Crippen LogP) is 2.50. The highest BCUT2D eigenvalue weighted by atomic mass is 32.1. The van der Waals surface area contributed by atoms with Gasteiger partial charge in [-0.15, -0.1) is 11.3 Å². The topological polar surface area (TPSA) is 23.8 Å². The van der Waals surface area contributed by atoms with Gasteiger partial charge in [-0.2, -0.15) is 5.26 Å². The van der Waals surface area contributed by atoms with Crippen LogP contribution in [0, 0.1) is 11.3 Å². The Bertz CT molecular complexity index is 278. The molecular weight excluding hydrogens is 142 g/mol. The Kier molecular flexibility index (Phi) is 1.25. The first-order valence-corrected chi connectivity index (χ1v) is 4.26. The molecule has 1 nitrogen and oxygen atoms in total. The van der Waals surface area contributed by atoms with E-state index in [4.69, 9.17) is 5.26 Å². The van der Waals surface area contributed by atoms with Crippen LogP contribution in [0.3, 0.4) is 0 Å². The second kappa shape index (κ2) is 2.10. The van der Waals surface area contributed by atoms with E-state index in [9.17, 15) is 0 Å². The third-order valence-corrected chi connectivity index (χ3v) is 2.82. The molecule has 0 radical (unpaired) electrons. The van der Waals surface area contributed by atoms with E-state index in [-0.39, 0.29) is 0 Å². The molecule has 50 valence electrons. The van der Waals surface area contributed by atoms with Crippen molar-refractivity contribution in [2.24, 2.45) is 0 Å². The van der Waals surface area contributed by atoms with Crippen LogP contribution in [0.25, 0.3) is 0 Å². The highest BCUT2D eigenvalue weighted by Gasteiger charge is 2.24. The third-order valence-electron chi connectivity index (χ3n) is 1.73. The van der Waals surface area contributed by atoms with E-state index in [1.54, 1.807) is 11.3 Å². The van der Waals surface area contributed by atoms with Gasteiger partial charge in [-0.05, 0) is 24.8 Å². The predicted molar refractivity (Wildman–Crippen MR) is 41.0 cm³/mol. The van der Waals surface area contributed by atoms with Gasteiger partial charge in [0.1, 0.15) is 6.07 Å². The Morgan fingerprint density at radius 2 is 2.40 bits per heavy atom. The van der Waals surface area contributed by atoms with Gasteiger partial charge in [-0.25, -0.2) is 0 Å². The minimum atomic E-state index is 0.798. The van der Waals surface area contributed by atoms with Gasteiger partial charge in [-0.1, -0.05) is 0 Å². The Morgan fingerprint density at radius 1 is 1.60 bits per heavy atom. The van der Waals surface area contributed by atoms with Crippen LogP contribution in [-0.4, -0.2) is 0 Å². The summed E-state index contributed by atoms with van der Waals surface area (Å²) in [6.07, 6.45) is 2.65. The van der Waals surface area contributed by atoms with Crippen LogP contribution in [0.2, 0.25) is 0 Å². The van der Waals surface area contributed by atoms with Crippen molar-refractivity contribution in [1.29, 1.82) is 5.26 Å². The molecule has 0 saturated heterocycles. The zero-order chi connectivity index (χ0) is 6.97. The zero-order valence-electron chi connectivity index (χ0n) is 5.50. The van der Waals surface area contributed by atoms with Crippen molar-refractivity contribution in [1.82, 2.24) is 0 Å². The van der Waals surface area contributed by atoms with Crippen molar-refractivity contribution in [3.05, 3.63) is 21.9 Å². The monoisotopic (exact) mass is 149 g/mol. The number of hydrogen-bond acceptors (Lipinski definition) is 2. The summed E-state index contributed by atoms with van der Waals surface area (Å²) in [7, 11) is 0. The smallest absolute Gasteiger partial charge is 0.100 e. The molecule has 0 aliphatic heterocycles. The molecule has 1 aromatic rings. The van der Waals surface area contributed by atoms with Crippen molar-refractivity contribution in [3.8, 4) is 6.07 Å². The molecule has 2 heteroatoms. The average Bonchev–Trinajstić information content (AvgIpc) is 2.70. The van der Waals surface area contributed by atoms with Crippen LogP contribution >= 0.6 is 11.3 Å². The van der Waals surface area contributed by atoms with Crippen molar-refractivity contribution < 1.29 is 0 Å². The lowest BCUT2D eigenvalue weighted by molar-refractivity contribution is 1.18. The van der Waals surface area contributed by atoms with E-state index in [1.807, 2.05) is 11.4 Å². The summed E-state index contributed by atoms with van der Waals surface area (Å²) in [4.78, 5) is 1.40. The summed E-state index contributed by atoms with van der Waals surface area (Å²) >= 11 is 1.72. The van der Waals surface area contributed by atoms with Crippen LogP contribution in [0.5, 0.6) is 0 Å². The van der Waals surface area contributed by atoms with E-state index in [1.165, 1.54) is 17.7 Å². The average molecular weight is 149 g/mol. The van der Waals surface area contributed by atoms with Crippen LogP contribution in [0.15, 0.2) is 11.4 Å². The highest BCUT2D eigenvalue weighted by Crippen LogP contribution is 2.42. The fourth-order valence-corrected chi connectivity index (χ4v) is 2.00. The number of hydrogen-bond donors (Lipinski definition) is 0.